The third-order valence-electron chi connectivity index (χ3n) is 2.65. The first-order valence-electron chi connectivity index (χ1n) is 4.14. The molecule has 4 nitrogen and oxygen atoms in total. The van der Waals surface area contributed by atoms with Gasteiger partial charge in [-0.15, -0.1) is 0 Å². The molecule has 1 saturated carbocycles. The van der Waals surface area contributed by atoms with Crippen molar-refractivity contribution in [1.82, 2.24) is 0 Å². The van der Waals surface area contributed by atoms with Crippen LogP contribution < -0.4 is 5.73 Å². The van der Waals surface area contributed by atoms with Crippen LogP contribution in [0.2, 0.25) is 0 Å². The van der Waals surface area contributed by atoms with E-state index in [9.17, 15) is 5.11 Å². The summed E-state index contributed by atoms with van der Waals surface area (Å²) in [4.78, 5) is 0. The summed E-state index contributed by atoms with van der Waals surface area (Å²) in [6.45, 7) is 0.497. The number of nitrogens with two attached hydrogens (primary N) is 1. The minimum absolute atomic E-state index is 0.142. The minimum Gasteiger partial charge on any atom is -0.387 e. The Labute approximate surface area is 72.6 Å². The number of rotatable bonds is 5. The summed E-state index contributed by atoms with van der Waals surface area (Å²) in [5.41, 5.74) is 5.40. The van der Waals surface area contributed by atoms with Crippen molar-refractivity contribution in [3.05, 3.63) is 0 Å². The van der Waals surface area contributed by atoms with Crippen molar-refractivity contribution in [2.75, 3.05) is 20.8 Å². The largest absolute Gasteiger partial charge is 0.387 e. The lowest BCUT2D eigenvalue weighted by atomic mass is 9.99. The second-order valence-corrected chi connectivity index (χ2v) is 3.35. The summed E-state index contributed by atoms with van der Waals surface area (Å²) in [5, 5.41) is 9.77. The van der Waals surface area contributed by atoms with Crippen LogP contribution >= 0.6 is 0 Å². The van der Waals surface area contributed by atoms with E-state index in [1.165, 1.54) is 14.2 Å². The molecule has 0 aliphatic heterocycles. The monoisotopic (exact) mass is 175 g/mol. The maximum Gasteiger partial charge on any atom is 0.183 e. The molecule has 1 unspecified atom stereocenters. The molecule has 1 aliphatic carbocycles. The molecule has 4 heteroatoms. The van der Waals surface area contributed by atoms with Gasteiger partial charge in [0.25, 0.3) is 0 Å². The molecule has 0 bridgehead atoms. The lowest BCUT2D eigenvalue weighted by molar-refractivity contribution is -0.182. The van der Waals surface area contributed by atoms with Gasteiger partial charge in [-0.05, 0) is 12.8 Å². The first-order chi connectivity index (χ1) is 5.70. The van der Waals surface area contributed by atoms with E-state index in [1.807, 2.05) is 0 Å². The van der Waals surface area contributed by atoms with Crippen LogP contribution in [0.25, 0.3) is 0 Å². The molecular formula is C8H17NO3. The van der Waals surface area contributed by atoms with Crippen molar-refractivity contribution in [1.29, 1.82) is 0 Å². The number of hydrogen-bond donors (Lipinski definition) is 2. The first kappa shape index (κ1) is 9.92. The minimum atomic E-state index is -0.600. The molecule has 0 spiro atoms. The van der Waals surface area contributed by atoms with Crippen LogP contribution in [0.1, 0.15) is 12.8 Å². The highest BCUT2D eigenvalue weighted by molar-refractivity contribution is 5.00. The van der Waals surface area contributed by atoms with Crippen molar-refractivity contribution in [2.45, 2.75) is 25.2 Å². The maximum absolute atomic E-state index is 9.77. The van der Waals surface area contributed by atoms with Gasteiger partial charge in [0.1, 0.15) is 6.10 Å². The third kappa shape index (κ3) is 1.61. The average molecular weight is 175 g/mol. The van der Waals surface area contributed by atoms with Crippen LogP contribution in [0.5, 0.6) is 0 Å². The van der Waals surface area contributed by atoms with Crippen LogP contribution in [0.15, 0.2) is 0 Å². The summed E-state index contributed by atoms with van der Waals surface area (Å²) in [7, 11) is 3.04. The third-order valence-corrected chi connectivity index (χ3v) is 2.65. The Kier molecular flexibility index (Phi) is 3.06. The summed E-state index contributed by atoms with van der Waals surface area (Å²) < 4.78 is 9.92. The molecule has 1 aliphatic rings. The number of methoxy groups -OCH3 is 2. The van der Waals surface area contributed by atoms with Gasteiger partial charge in [0, 0.05) is 26.2 Å². The van der Waals surface area contributed by atoms with Gasteiger partial charge < -0.3 is 20.3 Å². The van der Waals surface area contributed by atoms with Gasteiger partial charge in [0.2, 0.25) is 0 Å². The molecule has 1 rings (SSSR count). The van der Waals surface area contributed by atoms with E-state index in [-0.39, 0.29) is 5.41 Å². The molecule has 0 heterocycles. The second-order valence-electron chi connectivity index (χ2n) is 3.35. The predicted molar refractivity (Wildman–Crippen MR) is 44.5 cm³/mol. The quantitative estimate of drug-likeness (QED) is 0.563. The van der Waals surface area contributed by atoms with Crippen molar-refractivity contribution >= 4 is 0 Å². The Morgan fingerprint density at radius 2 is 1.92 bits per heavy atom. The molecule has 0 aromatic heterocycles. The van der Waals surface area contributed by atoms with Crippen molar-refractivity contribution in [2.24, 2.45) is 11.1 Å². The molecule has 72 valence electrons. The van der Waals surface area contributed by atoms with Gasteiger partial charge in [-0.25, -0.2) is 0 Å². The fraction of sp³-hybridized carbons (Fsp3) is 1.00. The van der Waals surface area contributed by atoms with Gasteiger partial charge in [0.15, 0.2) is 6.29 Å². The molecule has 0 amide bonds. The smallest absolute Gasteiger partial charge is 0.183 e. The highest BCUT2D eigenvalue weighted by Crippen LogP contribution is 2.48. The van der Waals surface area contributed by atoms with Gasteiger partial charge >= 0.3 is 0 Å². The molecule has 0 aromatic rings. The Balaban J connectivity index is 2.50. The maximum atomic E-state index is 9.77. The zero-order chi connectivity index (χ0) is 9.19. The van der Waals surface area contributed by atoms with Gasteiger partial charge in [-0.1, -0.05) is 0 Å². The van der Waals surface area contributed by atoms with E-state index < -0.39 is 12.4 Å². The number of aliphatic hydroxyl groups excluding tert-OH is 1. The Morgan fingerprint density at radius 3 is 2.17 bits per heavy atom. The van der Waals surface area contributed by atoms with Crippen molar-refractivity contribution in [3.8, 4) is 0 Å². The van der Waals surface area contributed by atoms with Crippen molar-refractivity contribution in [3.63, 3.8) is 0 Å². The van der Waals surface area contributed by atoms with Crippen LogP contribution in [-0.2, 0) is 9.47 Å². The zero-order valence-electron chi connectivity index (χ0n) is 7.62. The highest BCUT2D eigenvalue weighted by Gasteiger charge is 2.51. The Morgan fingerprint density at radius 1 is 1.42 bits per heavy atom. The standard InChI is InChI=1S/C8H17NO3/c1-11-7(12-2)6(10)8(5-9)3-4-8/h6-7,10H,3-5,9H2,1-2H3. The summed E-state index contributed by atoms with van der Waals surface area (Å²) in [6.07, 6.45) is 0.787. The first-order valence-corrected chi connectivity index (χ1v) is 4.14. The molecule has 0 radical (unpaired) electrons. The SMILES string of the molecule is COC(OC)C(O)C1(CN)CC1. The fourth-order valence-corrected chi connectivity index (χ4v) is 1.42. The molecule has 0 saturated heterocycles. The van der Waals surface area contributed by atoms with E-state index in [1.54, 1.807) is 0 Å². The van der Waals surface area contributed by atoms with Crippen LogP contribution in [0.4, 0.5) is 0 Å². The zero-order valence-corrected chi connectivity index (χ0v) is 7.62. The lowest BCUT2D eigenvalue weighted by Crippen LogP contribution is -2.41. The van der Waals surface area contributed by atoms with Gasteiger partial charge in [-0.2, -0.15) is 0 Å². The summed E-state index contributed by atoms with van der Waals surface area (Å²) >= 11 is 0. The lowest BCUT2D eigenvalue weighted by Gasteiger charge is -2.26. The summed E-state index contributed by atoms with van der Waals surface area (Å²) in [5.74, 6) is 0. The number of hydrogen-bond acceptors (Lipinski definition) is 4. The highest BCUT2D eigenvalue weighted by atomic mass is 16.7. The molecule has 3 N–H and O–H groups in total. The number of ether oxygens (including phenoxy) is 2. The van der Waals surface area contributed by atoms with Crippen LogP contribution in [-0.4, -0.2) is 38.3 Å². The van der Waals surface area contributed by atoms with E-state index in [0.29, 0.717) is 6.54 Å². The van der Waals surface area contributed by atoms with Crippen LogP contribution in [0.3, 0.4) is 0 Å². The predicted octanol–water partition coefficient (Wildman–Crippen LogP) is -0.295. The van der Waals surface area contributed by atoms with E-state index in [2.05, 4.69) is 0 Å². The Hall–Kier alpha value is -0.160. The topological polar surface area (TPSA) is 64.7 Å². The average Bonchev–Trinajstić information content (AvgIpc) is 2.86. The molecule has 0 aromatic carbocycles. The summed E-state index contributed by atoms with van der Waals surface area (Å²) in [6, 6.07) is 0. The van der Waals surface area contributed by atoms with E-state index in [4.69, 9.17) is 15.2 Å². The molecular weight excluding hydrogens is 158 g/mol. The van der Waals surface area contributed by atoms with Gasteiger partial charge in [0.05, 0.1) is 0 Å². The van der Waals surface area contributed by atoms with Crippen molar-refractivity contribution < 1.29 is 14.6 Å². The molecule has 1 atom stereocenters. The molecule has 1 fully saturated rings. The van der Waals surface area contributed by atoms with E-state index in [0.717, 1.165) is 12.8 Å². The van der Waals surface area contributed by atoms with E-state index >= 15 is 0 Å². The normalized spacial score (nSPS) is 22.8. The second kappa shape index (κ2) is 3.70. The molecule has 12 heavy (non-hydrogen) atoms. The number of aliphatic hydroxyl groups is 1. The fourth-order valence-electron chi connectivity index (χ4n) is 1.42. The Bertz CT molecular complexity index is 143. The van der Waals surface area contributed by atoms with Crippen LogP contribution in [0, 0.1) is 5.41 Å². The van der Waals surface area contributed by atoms with Gasteiger partial charge in [-0.3, -0.25) is 0 Å².